The summed E-state index contributed by atoms with van der Waals surface area (Å²) >= 11 is 1.40. The molecular weight excluding hydrogens is 286 g/mol. The van der Waals surface area contributed by atoms with Crippen molar-refractivity contribution in [2.24, 2.45) is 0 Å². The highest BCUT2D eigenvalue weighted by Crippen LogP contribution is 2.28. The van der Waals surface area contributed by atoms with E-state index in [1.807, 2.05) is 42.5 Å². The molecule has 1 heterocycles. The van der Waals surface area contributed by atoms with E-state index in [0.29, 0.717) is 10.8 Å². The van der Waals surface area contributed by atoms with Crippen molar-refractivity contribution in [3.63, 3.8) is 0 Å². The Labute approximate surface area is 125 Å². The number of carboxylic acid groups (broad SMARTS) is 1. The summed E-state index contributed by atoms with van der Waals surface area (Å²) in [4.78, 5) is 15.9. The van der Waals surface area contributed by atoms with Gasteiger partial charge in [-0.1, -0.05) is 30.3 Å². The minimum Gasteiger partial charge on any atom is -0.492 e. The number of ether oxygens (including phenoxy) is 1. The Balaban J connectivity index is 1.82. The molecule has 0 aliphatic heterocycles. The zero-order valence-electron chi connectivity index (χ0n) is 11.1. The molecule has 0 amide bonds. The molecule has 1 atom stereocenters. The van der Waals surface area contributed by atoms with Crippen molar-refractivity contribution in [2.45, 2.75) is 5.92 Å². The molecule has 3 rings (SSSR count). The highest BCUT2D eigenvalue weighted by Gasteiger charge is 2.24. The van der Waals surface area contributed by atoms with Crippen LogP contribution < -0.4 is 4.74 Å². The fraction of sp³-hybridized carbons (Fsp3) is 0.125. The van der Waals surface area contributed by atoms with Gasteiger partial charge in [0.15, 0.2) is 0 Å². The molecule has 0 aliphatic carbocycles. The molecule has 0 aliphatic rings. The minimum atomic E-state index is -0.926. The average Bonchev–Trinajstić information content (AvgIpc) is 2.91. The van der Waals surface area contributed by atoms with Gasteiger partial charge in [-0.25, -0.2) is 4.98 Å². The van der Waals surface area contributed by atoms with Gasteiger partial charge in [0.2, 0.25) is 0 Å². The number of thiazole rings is 1. The van der Waals surface area contributed by atoms with E-state index in [1.165, 1.54) is 11.3 Å². The summed E-state index contributed by atoms with van der Waals surface area (Å²) in [6.45, 7) is 0.0686. The molecule has 0 radical (unpaired) electrons. The third-order valence-electron chi connectivity index (χ3n) is 3.07. The topological polar surface area (TPSA) is 59.4 Å². The molecule has 5 heteroatoms. The molecule has 0 bridgehead atoms. The Hall–Kier alpha value is -2.40. The Kier molecular flexibility index (Phi) is 3.83. The van der Waals surface area contributed by atoms with Gasteiger partial charge in [0.1, 0.15) is 23.3 Å². The molecule has 106 valence electrons. The normalized spacial score (nSPS) is 12.2. The van der Waals surface area contributed by atoms with Crippen molar-refractivity contribution >= 4 is 27.5 Å². The zero-order chi connectivity index (χ0) is 14.7. The molecule has 0 fully saturated rings. The van der Waals surface area contributed by atoms with Gasteiger partial charge in [0, 0.05) is 0 Å². The largest absolute Gasteiger partial charge is 0.492 e. The lowest BCUT2D eigenvalue weighted by atomic mass is 10.2. The van der Waals surface area contributed by atoms with Crippen LogP contribution in [0, 0.1) is 0 Å². The molecule has 0 spiro atoms. The van der Waals surface area contributed by atoms with E-state index >= 15 is 0 Å². The standard InChI is InChI=1S/C16H13NO3S/c18-16(19)12(10-20-11-6-2-1-3-7-11)15-17-13-8-4-5-9-14(13)21-15/h1-9,12H,10H2,(H,18,19). The number of nitrogens with zero attached hydrogens (tertiary/aromatic N) is 1. The number of benzene rings is 2. The van der Waals surface area contributed by atoms with Crippen LogP contribution in [0.4, 0.5) is 0 Å². The summed E-state index contributed by atoms with van der Waals surface area (Å²) in [6.07, 6.45) is 0. The first-order valence-electron chi connectivity index (χ1n) is 6.50. The third-order valence-corrected chi connectivity index (χ3v) is 4.22. The van der Waals surface area contributed by atoms with Crippen LogP contribution in [0.25, 0.3) is 10.2 Å². The Morgan fingerprint density at radius 2 is 1.86 bits per heavy atom. The molecule has 21 heavy (non-hydrogen) atoms. The number of hydrogen-bond donors (Lipinski definition) is 1. The lowest BCUT2D eigenvalue weighted by Crippen LogP contribution is -2.19. The van der Waals surface area contributed by atoms with Crippen molar-refractivity contribution in [3.8, 4) is 5.75 Å². The fourth-order valence-corrected chi connectivity index (χ4v) is 3.03. The van der Waals surface area contributed by atoms with Crippen molar-refractivity contribution < 1.29 is 14.6 Å². The van der Waals surface area contributed by atoms with Gasteiger partial charge >= 0.3 is 5.97 Å². The van der Waals surface area contributed by atoms with E-state index in [9.17, 15) is 9.90 Å². The van der Waals surface area contributed by atoms with Gasteiger partial charge in [0.25, 0.3) is 0 Å². The number of rotatable bonds is 5. The number of fused-ring (bicyclic) bond motifs is 1. The predicted molar refractivity (Wildman–Crippen MR) is 81.9 cm³/mol. The number of para-hydroxylation sites is 2. The van der Waals surface area contributed by atoms with Crippen LogP contribution in [0.5, 0.6) is 5.75 Å². The van der Waals surface area contributed by atoms with Crippen LogP contribution in [0.1, 0.15) is 10.9 Å². The fourth-order valence-electron chi connectivity index (χ4n) is 1.98. The maximum atomic E-state index is 11.5. The lowest BCUT2D eigenvalue weighted by molar-refractivity contribution is -0.139. The first-order chi connectivity index (χ1) is 10.2. The molecule has 1 N–H and O–H groups in total. The van der Waals surface area contributed by atoms with Crippen LogP contribution in [-0.4, -0.2) is 22.7 Å². The van der Waals surface area contributed by atoms with Crippen LogP contribution >= 0.6 is 11.3 Å². The highest BCUT2D eigenvalue weighted by atomic mass is 32.1. The summed E-state index contributed by atoms with van der Waals surface area (Å²) in [5, 5.41) is 9.99. The van der Waals surface area contributed by atoms with Crippen LogP contribution in [0.2, 0.25) is 0 Å². The molecule has 0 saturated carbocycles. The first-order valence-corrected chi connectivity index (χ1v) is 7.32. The first kappa shape index (κ1) is 13.6. The minimum absolute atomic E-state index is 0.0686. The molecular formula is C16H13NO3S. The third kappa shape index (κ3) is 3.03. The summed E-state index contributed by atoms with van der Waals surface area (Å²) in [6, 6.07) is 16.8. The van der Waals surface area contributed by atoms with Crippen molar-refractivity contribution in [3.05, 3.63) is 59.6 Å². The number of carbonyl (C=O) groups is 1. The number of hydrogen-bond acceptors (Lipinski definition) is 4. The van der Waals surface area contributed by atoms with E-state index < -0.39 is 11.9 Å². The van der Waals surface area contributed by atoms with Crippen LogP contribution in [0.15, 0.2) is 54.6 Å². The quantitative estimate of drug-likeness (QED) is 0.782. The van der Waals surface area contributed by atoms with Crippen molar-refractivity contribution in [2.75, 3.05) is 6.61 Å². The molecule has 1 aromatic heterocycles. The van der Waals surface area contributed by atoms with Gasteiger partial charge in [-0.05, 0) is 24.3 Å². The van der Waals surface area contributed by atoms with Gasteiger partial charge in [-0.15, -0.1) is 11.3 Å². The predicted octanol–water partition coefficient (Wildman–Crippen LogP) is 3.54. The average molecular weight is 299 g/mol. The lowest BCUT2D eigenvalue weighted by Gasteiger charge is -2.11. The van der Waals surface area contributed by atoms with Gasteiger partial charge in [0.05, 0.1) is 10.2 Å². The zero-order valence-corrected chi connectivity index (χ0v) is 11.9. The van der Waals surface area contributed by atoms with E-state index in [2.05, 4.69) is 4.98 Å². The second kappa shape index (κ2) is 5.93. The van der Waals surface area contributed by atoms with E-state index in [-0.39, 0.29) is 6.61 Å². The number of carboxylic acids is 1. The van der Waals surface area contributed by atoms with Crippen molar-refractivity contribution in [1.29, 1.82) is 0 Å². The van der Waals surface area contributed by atoms with Crippen LogP contribution in [-0.2, 0) is 4.79 Å². The van der Waals surface area contributed by atoms with E-state index in [0.717, 1.165) is 10.2 Å². The maximum Gasteiger partial charge on any atom is 0.316 e. The Morgan fingerprint density at radius 1 is 1.14 bits per heavy atom. The molecule has 0 saturated heterocycles. The summed E-state index contributed by atoms with van der Waals surface area (Å²) in [5.74, 6) is -1.03. The van der Waals surface area contributed by atoms with Crippen LogP contribution in [0.3, 0.4) is 0 Å². The van der Waals surface area contributed by atoms with E-state index in [4.69, 9.17) is 4.74 Å². The van der Waals surface area contributed by atoms with Crippen molar-refractivity contribution in [1.82, 2.24) is 4.98 Å². The highest BCUT2D eigenvalue weighted by molar-refractivity contribution is 7.18. The molecule has 2 aromatic carbocycles. The maximum absolute atomic E-state index is 11.5. The summed E-state index contributed by atoms with van der Waals surface area (Å²) in [5.41, 5.74) is 0.823. The number of aromatic nitrogens is 1. The smallest absolute Gasteiger partial charge is 0.316 e. The van der Waals surface area contributed by atoms with Gasteiger partial charge in [-0.2, -0.15) is 0 Å². The van der Waals surface area contributed by atoms with E-state index in [1.54, 1.807) is 12.1 Å². The van der Waals surface area contributed by atoms with Gasteiger partial charge < -0.3 is 9.84 Å². The Morgan fingerprint density at radius 3 is 2.57 bits per heavy atom. The molecule has 4 nitrogen and oxygen atoms in total. The van der Waals surface area contributed by atoms with Gasteiger partial charge in [-0.3, -0.25) is 4.79 Å². The number of aliphatic carboxylic acids is 1. The monoisotopic (exact) mass is 299 g/mol. The SMILES string of the molecule is O=C(O)C(COc1ccccc1)c1nc2ccccc2s1. The second-order valence-corrected chi connectivity index (χ2v) is 5.60. The molecule has 1 unspecified atom stereocenters. The Bertz CT molecular complexity index is 721. The summed E-state index contributed by atoms with van der Waals surface area (Å²) < 4.78 is 6.55. The molecule has 3 aromatic rings. The second-order valence-electron chi connectivity index (χ2n) is 4.53. The summed E-state index contributed by atoms with van der Waals surface area (Å²) in [7, 11) is 0.